The standard InChI is InChI=1S/C14H20N2O2.ClH/c1-12-4-2-3-5-13(12)14(17)15-6-7-16-8-10-18-11-9-16;/h2-5H,6-11H2,1H3,(H,15,17);1H/p-1. The van der Waals surface area contributed by atoms with Gasteiger partial charge in [0.05, 0.1) is 13.2 Å². The highest BCUT2D eigenvalue weighted by Crippen LogP contribution is 2.06. The van der Waals surface area contributed by atoms with Crippen LogP contribution in [0, 0.1) is 6.92 Å². The lowest BCUT2D eigenvalue weighted by Crippen LogP contribution is -3.00. The molecule has 0 aromatic heterocycles. The van der Waals surface area contributed by atoms with Crippen molar-refractivity contribution in [1.29, 1.82) is 0 Å². The summed E-state index contributed by atoms with van der Waals surface area (Å²) in [5.74, 6) is 0.0151. The number of halogens is 1. The molecule has 5 heteroatoms. The molecular weight excluding hydrogens is 264 g/mol. The van der Waals surface area contributed by atoms with E-state index in [0.717, 1.165) is 44.0 Å². The quantitative estimate of drug-likeness (QED) is 0.699. The minimum absolute atomic E-state index is 0. The first kappa shape index (κ1) is 16.0. The SMILES string of the molecule is Cc1ccccc1C(=O)NCCN1CCOCC1.[Cl-]. The van der Waals surface area contributed by atoms with Crippen molar-refractivity contribution in [3.63, 3.8) is 0 Å². The molecule has 1 amide bonds. The third-order valence-corrected chi connectivity index (χ3v) is 3.21. The van der Waals surface area contributed by atoms with E-state index >= 15 is 0 Å². The number of benzene rings is 1. The molecule has 1 fully saturated rings. The zero-order chi connectivity index (χ0) is 12.8. The lowest BCUT2D eigenvalue weighted by molar-refractivity contribution is -0.0000146. The van der Waals surface area contributed by atoms with Gasteiger partial charge in [0.25, 0.3) is 5.91 Å². The third-order valence-electron chi connectivity index (χ3n) is 3.21. The van der Waals surface area contributed by atoms with Crippen LogP contribution in [0.4, 0.5) is 0 Å². The predicted molar refractivity (Wildman–Crippen MR) is 70.8 cm³/mol. The van der Waals surface area contributed by atoms with Crippen LogP contribution >= 0.6 is 0 Å². The van der Waals surface area contributed by atoms with Crippen molar-refractivity contribution in [2.75, 3.05) is 39.4 Å². The van der Waals surface area contributed by atoms with E-state index in [1.807, 2.05) is 31.2 Å². The van der Waals surface area contributed by atoms with Crippen LogP contribution in [0.5, 0.6) is 0 Å². The molecule has 0 atom stereocenters. The molecular formula is C14H20ClN2O2-. The van der Waals surface area contributed by atoms with Crippen LogP contribution in [0.2, 0.25) is 0 Å². The maximum Gasteiger partial charge on any atom is 0.251 e. The minimum Gasteiger partial charge on any atom is -1.00 e. The highest BCUT2D eigenvalue weighted by Gasteiger charge is 2.11. The van der Waals surface area contributed by atoms with E-state index in [2.05, 4.69) is 10.2 Å². The molecule has 0 saturated carbocycles. The average molecular weight is 284 g/mol. The molecule has 1 aliphatic rings. The van der Waals surface area contributed by atoms with Gasteiger partial charge in [0, 0.05) is 31.7 Å². The molecule has 1 aromatic rings. The van der Waals surface area contributed by atoms with E-state index in [4.69, 9.17) is 4.74 Å². The minimum atomic E-state index is 0. The Labute approximate surface area is 120 Å². The zero-order valence-corrected chi connectivity index (χ0v) is 11.9. The molecule has 0 radical (unpaired) electrons. The second kappa shape index (κ2) is 8.15. The van der Waals surface area contributed by atoms with E-state index < -0.39 is 0 Å². The molecule has 19 heavy (non-hydrogen) atoms. The zero-order valence-electron chi connectivity index (χ0n) is 11.2. The van der Waals surface area contributed by atoms with Crippen molar-refractivity contribution in [3.05, 3.63) is 35.4 Å². The van der Waals surface area contributed by atoms with Crippen molar-refractivity contribution in [2.45, 2.75) is 6.92 Å². The number of carbonyl (C=O) groups excluding carboxylic acids is 1. The van der Waals surface area contributed by atoms with Gasteiger partial charge in [-0.05, 0) is 18.6 Å². The topological polar surface area (TPSA) is 41.6 Å². The molecule has 106 valence electrons. The summed E-state index contributed by atoms with van der Waals surface area (Å²) in [4.78, 5) is 14.3. The van der Waals surface area contributed by atoms with Crippen molar-refractivity contribution in [1.82, 2.24) is 10.2 Å². The first-order chi connectivity index (χ1) is 8.77. The Morgan fingerprint density at radius 3 is 2.68 bits per heavy atom. The van der Waals surface area contributed by atoms with Gasteiger partial charge in [0.2, 0.25) is 0 Å². The number of morpholine rings is 1. The molecule has 1 aromatic carbocycles. The lowest BCUT2D eigenvalue weighted by atomic mass is 10.1. The normalized spacial score (nSPS) is 15.6. The highest BCUT2D eigenvalue weighted by molar-refractivity contribution is 5.95. The van der Waals surface area contributed by atoms with Gasteiger partial charge < -0.3 is 22.5 Å². The Kier molecular flexibility index (Phi) is 6.84. The Morgan fingerprint density at radius 1 is 1.32 bits per heavy atom. The summed E-state index contributed by atoms with van der Waals surface area (Å²) in [7, 11) is 0. The molecule has 1 heterocycles. The van der Waals surface area contributed by atoms with Gasteiger partial charge in [0.1, 0.15) is 0 Å². The Bertz CT molecular complexity index is 406. The number of rotatable bonds is 4. The van der Waals surface area contributed by atoms with Crippen LogP contribution in [-0.4, -0.2) is 50.2 Å². The van der Waals surface area contributed by atoms with E-state index in [1.165, 1.54) is 0 Å². The van der Waals surface area contributed by atoms with Crippen molar-refractivity contribution < 1.29 is 21.9 Å². The van der Waals surface area contributed by atoms with Crippen LogP contribution in [0.1, 0.15) is 15.9 Å². The largest absolute Gasteiger partial charge is 1.00 e. The Balaban J connectivity index is 0.00000180. The number of nitrogens with zero attached hydrogens (tertiary/aromatic N) is 1. The summed E-state index contributed by atoms with van der Waals surface area (Å²) in [5.41, 5.74) is 1.78. The fraction of sp³-hybridized carbons (Fsp3) is 0.500. The lowest BCUT2D eigenvalue weighted by Gasteiger charge is -2.26. The summed E-state index contributed by atoms with van der Waals surface area (Å²) < 4.78 is 5.28. The molecule has 0 bridgehead atoms. The molecule has 1 saturated heterocycles. The Morgan fingerprint density at radius 2 is 2.00 bits per heavy atom. The molecule has 0 aliphatic carbocycles. The first-order valence-electron chi connectivity index (χ1n) is 6.41. The summed E-state index contributed by atoms with van der Waals surface area (Å²) in [6, 6.07) is 7.65. The highest BCUT2D eigenvalue weighted by atomic mass is 35.5. The van der Waals surface area contributed by atoms with Crippen molar-refractivity contribution in [2.24, 2.45) is 0 Å². The smallest absolute Gasteiger partial charge is 0.251 e. The number of nitrogens with one attached hydrogen (secondary N) is 1. The molecule has 1 N–H and O–H groups in total. The van der Waals surface area contributed by atoms with Gasteiger partial charge in [-0.2, -0.15) is 0 Å². The number of amides is 1. The molecule has 2 rings (SSSR count). The Hall–Kier alpha value is -1.10. The number of aryl methyl sites for hydroxylation is 1. The fourth-order valence-electron chi connectivity index (χ4n) is 2.08. The summed E-state index contributed by atoms with van der Waals surface area (Å²) >= 11 is 0. The van der Waals surface area contributed by atoms with Crippen LogP contribution < -0.4 is 17.7 Å². The van der Waals surface area contributed by atoms with Gasteiger partial charge in [0.15, 0.2) is 0 Å². The van der Waals surface area contributed by atoms with Crippen LogP contribution in [0.25, 0.3) is 0 Å². The molecule has 1 aliphatic heterocycles. The van der Waals surface area contributed by atoms with Gasteiger partial charge >= 0.3 is 0 Å². The molecule has 0 unspecified atom stereocenters. The number of hydrogen-bond donors (Lipinski definition) is 1. The third kappa shape index (κ3) is 4.82. The van der Waals surface area contributed by atoms with Gasteiger partial charge in [-0.3, -0.25) is 9.69 Å². The predicted octanol–water partition coefficient (Wildman–Crippen LogP) is -1.94. The number of hydrogen-bond acceptors (Lipinski definition) is 3. The van der Waals surface area contributed by atoms with Crippen LogP contribution in [-0.2, 0) is 4.74 Å². The fourth-order valence-corrected chi connectivity index (χ4v) is 2.08. The van der Waals surface area contributed by atoms with Crippen molar-refractivity contribution >= 4 is 5.91 Å². The second-order valence-electron chi connectivity index (χ2n) is 4.52. The van der Waals surface area contributed by atoms with Gasteiger partial charge in [-0.25, -0.2) is 0 Å². The van der Waals surface area contributed by atoms with Crippen molar-refractivity contribution in [3.8, 4) is 0 Å². The average Bonchev–Trinajstić information content (AvgIpc) is 2.40. The van der Waals surface area contributed by atoms with Gasteiger partial charge in [-0.15, -0.1) is 0 Å². The van der Waals surface area contributed by atoms with Crippen LogP contribution in [0.15, 0.2) is 24.3 Å². The molecule has 0 spiro atoms. The summed E-state index contributed by atoms with van der Waals surface area (Å²) in [6.07, 6.45) is 0. The van der Waals surface area contributed by atoms with E-state index in [1.54, 1.807) is 0 Å². The number of carbonyl (C=O) groups is 1. The maximum absolute atomic E-state index is 12.0. The van der Waals surface area contributed by atoms with Crippen LogP contribution in [0.3, 0.4) is 0 Å². The maximum atomic E-state index is 12.0. The summed E-state index contributed by atoms with van der Waals surface area (Å²) in [5, 5.41) is 2.97. The van der Waals surface area contributed by atoms with E-state index in [9.17, 15) is 4.79 Å². The number of ether oxygens (including phenoxy) is 1. The molecule has 4 nitrogen and oxygen atoms in total. The van der Waals surface area contributed by atoms with E-state index in [0.29, 0.717) is 6.54 Å². The summed E-state index contributed by atoms with van der Waals surface area (Å²) in [6.45, 7) is 7.04. The second-order valence-corrected chi connectivity index (χ2v) is 4.52. The first-order valence-corrected chi connectivity index (χ1v) is 6.41. The van der Waals surface area contributed by atoms with Gasteiger partial charge in [-0.1, -0.05) is 18.2 Å². The monoisotopic (exact) mass is 283 g/mol. The van der Waals surface area contributed by atoms with E-state index in [-0.39, 0.29) is 18.3 Å².